The maximum absolute atomic E-state index is 12.5. The number of nitrogens with zero attached hydrogens (tertiary/aromatic N) is 1. The first kappa shape index (κ1) is 15.0. The van der Waals surface area contributed by atoms with Gasteiger partial charge in [-0.2, -0.15) is 0 Å². The van der Waals surface area contributed by atoms with Crippen LogP contribution in [-0.2, 0) is 4.79 Å². The fourth-order valence-electron chi connectivity index (χ4n) is 2.66. The normalized spacial score (nSPS) is 22.6. The van der Waals surface area contributed by atoms with Crippen LogP contribution in [-0.4, -0.2) is 35.0 Å². The summed E-state index contributed by atoms with van der Waals surface area (Å²) in [4.78, 5) is 25.4. The van der Waals surface area contributed by atoms with Crippen LogP contribution in [0.2, 0.25) is 0 Å². The molecule has 0 saturated carbocycles. The second kappa shape index (κ2) is 5.95. The van der Waals surface area contributed by atoms with Crippen LogP contribution in [0, 0.1) is 18.8 Å². The summed E-state index contributed by atoms with van der Waals surface area (Å²) in [6.07, 6.45) is 0.633. The monoisotopic (exact) mass is 339 g/mol. The number of piperidine rings is 1. The molecule has 0 spiro atoms. The number of hydrogen-bond acceptors (Lipinski definition) is 2. The van der Waals surface area contributed by atoms with E-state index in [0.29, 0.717) is 25.1 Å². The number of aryl methyl sites for hydroxylation is 1. The van der Waals surface area contributed by atoms with Crippen LogP contribution in [0.3, 0.4) is 0 Å². The van der Waals surface area contributed by atoms with Gasteiger partial charge in [0, 0.05) is 17.6 Å². The molecule has 1 amide bonds. The van der Waals surface area contributed by atoms with Crippen molar-refractivity contribution in [2.45, 2.75) is 20.3 Å². The quantitative estimate of drug-likeness (QED) is 0.901. The Balaban J connectivity index is 2.21. The van der Waals surface area contributed by atoms with Crippen molar-refractivity contribution < 1.29 is 14.7 Å². The SMILES string of the molecule is Cc1ccc(C(=O)N2CC(C)CC(C(=O)O)C2)c(Br)c1. The summed E-state index contributed by atoms with van der Waals surface area (Å²) in [6, 6.07) is 5.58. The van der Waals surface area contributed by atoms with E-state index in [9.17, 15) is 9.59 Å². The molecule has 1 aliphatic heterocycles. The van der Waals surface area contributed by atoms with Crippen LogP contribution in [0.15, 0.2) is 22.7 Å². The van der Waals surface area contributed by atoms with Gasteiger partial charge in [0.25, 0.3) is 5.91 Å². The first-order chi connectivity index (χ1) is 9.38. The van der Waals surface area contributed by atoms with Gasteiger partial charge in [0.15, 0.2) is 0 Å². The Morgan fingerprint density at radius 1 is 1.35 bits per heavy atom. The Kier molecular flexibility index (Phi) is 4.48. The van der Waals surface area contributed by atoms with Crippen LogP contribution in [0.5, 0.6) is 0 Å². The van der Waals surface area contributed by atoms with Gasteiger partial charge in [-0.15, -0.1) is 0 Å². The molecule has 2 atom stereocenters. The van der Waals surface area contributed by atoms with E-state index in [2.05, 4.69) is 15.9 Å². The number of halogens is 1. The fourth-order valence-corrected chi connectivity index (χ4v) is 3.32. The lowest BCUT2D eigenvalue weighted by Crippen LogP contribution is -2.45. The molecule has 1 aromatic carbocycles. The van der Waals surface area contributed by atoms with Crippen molar-refractivity contribution in [3.63, 3.8) is 0 Å². The molecule has 1 heterocycles. The van der Waals surface area contributed by atoms with Crippen molar-refractivity contribution in [3.05, 3.63) is 33.8 Å². The second-order valence-electron chi connectivity index (χ2n) is 5.57. The van der Waals surface area contributed by atoms with Gasteiger partial charge in [0.05, 0.1) is 11.5 Å². The minimum absolute atomic E-state index is 0.102. The number of carbonyl (C=O) groups is 2. The Hall–Kier alpha value is -1.36. The summed E-state index contributed by atoms with van der Waals surface area (Å²) in [5.41, 5.74) is 1.66. The van der Waals surface area contributed by atoms with Crippen molar-refractivity contribution >= 4 is 27.8 Å². The van der Waals surface area contributed by atoms with Gasteiger partial charge in [-0.1, -0.05) is 13.0 Å². The van der Waals surface area contributed by atoms with Gasteiger partial charge in [0.2, 0.25) is 0 Å². The van der Waals surface area contributed by atoms with Gasteiger partial charge in [-0.3, -0.25) is 9.59 Å². The molecule has 2 unspecified atom stereocenters. The van der Waals surface area contributed by atoms with Gasteiger partial charge in [0.1, 0.15) is 0 Å². The number of hydrogen-bond donors (Lipinski definition) is 1. The summed E-state index contributed by atoms with van der Waals surface area (Å²) in [5.74, 6) is -1.18. The van der Waals surface area contributed by atoms with Gasteiger partial charge >= 0.3 is 5.97 Å². The minimum atomic E-state index is -0.822. The number of carbonyl (C=O) groups excluding carboxylic acids is 1. The molecule has 0 radical (unpaired) electrons. The van der Waals surface area contributed by atoms with Gasteiger partial charge in [-0.25, -0.2) is 0 Å². The third kappa shape index (κ3) is 3.20. The van der Waals surface area contributed by atoms with Crippen molar-refractivity contribution in [1.29, 1.82) is 0 Å². The first-order valence-corrected chi connectivity index (χ1v) is 7.46. The third-order valence-corrected chi connectivity index (χ3v) is 4.31. The molecule has 1 aromatic rings. The van der Waals surface area contributed by atoms with Crippen LogP contribution in [0.4, 0.5) is 0 Å². The van der Waals surface area contributed by atoms with E-state index in [4.69, 9.17) is 5.11 Å². The van der Waals surface area contributed by atoms with E-state index in [-0.39, 0.29) is 11.8 Å². The molecular weight excluding hydrogens is 322 g/mol. The van der Waals surface area contributed by atoms with E-state index in [1.54, 1.807) is 11.0 Å². The maximum atomic E-state index is 12.5. The van der Waals surface area contributed by atoms with Crippen LogP contribution < -0.4 is 0 Å². The average molecular weight is 340 g/mol. The molecule has 0 aromatic heterocycles. The molecule has 1 saturated heterocycles. The zero-order valence-electron chi connectivity index (χ0n) is 11.6. The second-order valence-corrected chi connectivity index (χ2v) is 6.42. The number of carboxylic acids is 1. The highest BCUT2D eigenvalue weighted by Gasteiger charge is 2.32. The lowest BCUT2D eigenvalue weighted by molar-refractivity contribution is -0.143. The number of likely N-dealkylation sites (tertiary alicyclic amines) is 1. The molecule has 108 valence electrons. The standard InChI is InChI=1S/C15H18BrNO3/c1-9-3-4-12(13(16)6-9)14(18)17-7-10(2)5-11(8-17)15(19)20/h3-4,6,10-11H,5,7-8H2,1-2H3,(H,19,20). The summed E-state index contributed by atoms with van der Waals surface area (Å²) >= 11 is 3.41. The Bertz CT molecular complexity index is 544. The topological polar surface area (TPSA) is 57.6 Å². The molecule has 0 bridgehead atoms. The lowest BCUT2D eigenvalue weighted by Gasteiger charge is -2.34. The van der Waals surface area contributed by atoms with Crippen molar-refractivity contribution in [3.8, 4) is 0 Å². The largest absolute Gasteiger partial charge is 0.481 e. The van der Waals surface area contributed by atoms with E-state index < -0.39 is 11.9 Å². The van der Waals surface area contributed by atoms with E-state index >= 15 is 0 Å². The number of amides is 1. The highest BCUT2D eigenvalue weighted by molar-refractivity contribution is 9.10. The molecule has 1 N–H and O–H groups in total. The molecular formula is C15H18BrNO3. The van der Waals surface area contributed by atoms with Crippen LogP contribution >= 0.6 is 15.9 Å². The zero-order chi connectivity index (χ0) is 14.9. The minimum Gasteiger partial charge on any atom is -0.481 e. The predicted molar refractivity (Wildman–Crippen MR) is 79.7 cm³/mol. The number of carboxylic acid groups (broad SMARTS) is 1. The van der Waals surface area contributed by atoms with E-state index in [1.807, 2.05) is 26.0 Å². The number of benzene rings is 1. The van der Waals surface area contributed by atoms with Crippen LogP contribution in [0.1, 0.15) is 29.3 Å². The highest BCUT2D eigenvalue weighted by atomic mass is 79.9. The lowest BCUT2D eigenvalue weighted by atomic mass is 9.90. The Morgan fingerprint density at radius 3 is 2.65 bits per heavy atom. The first-order valence-electron chi connectivity index (χ1n) is 6.66. The summed E-state index contributed by atoms with van der Waals surface area (Å²) in [6.45, 7) is 4.85. The highest BCUT2D eigenvalue weighted by Crippen LogP contribution is 2.26. The van der Waals surface area contributed by atoms with Crippen LogP contribution in [0.25, 0.3) is 0 Å². The third-order valence-electron chi connectivity index (χ3n) is 3.65. The molecule has 20 heavy (non-hydrogen) atoms. The van der Waals surface area contributed by atoms with E-state index in [0.717, 1.165) is 10.0 Å². The number of aliphatic carboxylic acids is 1. The Morgan fingerprint density at radius 2 is 2.05 bits per heavy atom. The maximum Gasteiger partial charge on any atom is 0.308 e. The smallest absolute Gasteiger partial charge is 0.308 e. The number of rotatable bonds is 2. The molecule has 0 aliphatic carbocycles. The van der Waals surface area contributed by atoms with Crippen molar-refractivity contribution in [1.82, 2.24) is 4.90 Å². The summed E-state index contributed by atoms with van der Waals surface area (Å²) in [7, 11) is 0. The van der Waals surface area contributed by atoms with Crippen molar-refractivity contribution in [2.75, 3.05) is 13.1 Å². The predicted octanol–water partition coefficient (Wildman–Crippen LogP) is 2.94. The summed E-state index contributed by atoms with van der Waals surface area (Å²) in [5, 5.41) is 9.17. The molecule has 1 aliphatic rings. The van der Waals surface area contributed by atoms with E-state index in [1.165, 1.54) is 0 Å². The van der Waals surface area contributed by atoms with Gasteiger partial charge in [-0.05, 0) is 52.9 Å². The Labute approximate surface area is 126 Å². The molecule has 5 heteroatoms. The summed E-state index contributed by atoms with van der Waals surface area (Å²) < 4.78 is 0.757. The zero-order valence-corrected chi connectivity index (χ0v) is 13.2. The van der Waals surface area contributed by atoms with Gasteiger partial charge < -0.3 is 10.0 Å². The molecule has 4 nitrogen and oxygen atoms in total. The average Bonchev–Trinajstić information content (AvgIpc) is 2.37. The molecule has 1 fully saturated rings. The van der Waals surface area contributed by atoms with Crippen molar-refractivity contribution in [2.24, 2.45) is 11.8 Å². The fraction of sp³-hybridized carbons (Fsp3) is 0.467. The molecule has 2 rings (SSSR count).